The molecule has 0 heterocycles. The summed E-state index contributed by atoms with van der Waals surface area (Å²) >= 11 is 3.51. The molecule has 0 aliphatic rings. The molecular weight excluding hydrogens is 319 g/mol. The second-order valence-corrected chi connectivity index (χ2v) is 5.50. The van der Waals surface area contributed by atoms with E-state index in [0.717, 1.165) is 28.9 Å². The second kappa shape index (κ2) is 6.86. The molecule has 4 heteroatoms. The molecular formula is C16H18BrFN2. The maximum absolute atomic E-state index is 13.0. The zero-order valence-corrected chi connectivity index (χ0v) is 13.2. The Kier molecular flexibility index (Phi) is 5.15. The van der Waals surface area contributed by atoms with Crippen molar-refractivity contribution in [3.8, 4) is 0 Å². The van der Waals surface area contributed by atoms with Crippen LogP contribution in [0, 0.1) is 5.82 Å². The lowest BCUT2D eigenvalue weighted by atomic mass is 10.1. The Bertz CT molecular complexity index is 569. The van der Waals surface area contributed by atoms with Crippen molar-refractivity contribution in [2.24, 2.45) is 0 Å². The van der Waals surface area contributed by atoms with Gasteiger partial charge in [-0.25, -0.2) is 4.39 Å². The lowest BCUT2D eigenvalue weighted by Gasteiger charge is -2.23. The molecule has 0 aliphatic carbocycles. The quantitative estimate of drug-likeness (QED) is 0.866. The van der Waals surface area contributed by atoms with Crippen LogP contribution in [0.1, 0.15) is 12.5 Å². The van der Waals surface area contributed by atoms with Crippen LogP contribution in [-0.4, -0.2) is 13.6 Å². The number of rotatable bonds is 5. The number of halogens is 2. The van der Waals surface area contributed by atoms with E-state index in [4.69, 9.17) is 0 Å². The van der Waals surface area contributed by atoms with Crippen LogP contribution >= 0.6 is 15.9 Å². The summed E-state index contributed by atoms with van der Waals surface area (Å²) in [5.74, 6) is -0.218. The number of benzene rings is 2. The molecule has 2 aromatic rings. The molecule has 0 bridgehead atoms. The molecule has 0 spiro atoms. The van der Waals surface area contributed by atoms with Crippen molar-refractivity contribution in [3.05, 3.63) is 58.3 Å². The largest absolute Gasteiger partial charge is 0.344 e. The molecule has 1 N–H and O–H groups in total. The van der Waals surface area contributed by atoms with Gasteiger partial charge in [0.2, 0.25) is 0 Å². The highest BCUT2D eigenvalue weighted by Crippen LogP contribution is 2.30. The average molecular weight is 337 g/mol. The van der Waals surface area contributed by atoms with Crippen LogP contribution in [-0.2, 0) is 6.54 Å². The number of anilines is 2. The Labute approximate surface area is 127 Å². The molecule has 2 rings (SSSR count). The van der Waals surface area contributed by atoms with E-state index >= 15 is 0 Å². The number of nitrogens with zero attached hydrogens (tertiary/aromatic N) is 1. The van der Waals surface area contributed by atoms with E-state index in [9.17, 15) is 4.39 Å². The highest BCUT2D eigenvalue weighted by Gasteiger charge is 2.10. The standard InChI is InChI=1S/C16H18BrFN2/c1-3-19-11-12-4-5-13(17)10-16(12)20(2)15-8-6-14(18)7-9-15/h4-10,19H,3,11H2,1-2H3. The fraction of sp³-hybridized carbons (Fsp3) is 0.250. The SMILES string of the molecule is CCNCc1ccc(Br)cc1N(C)c1ccc(F)cc1. The van der Waals surface area contributed by atoms with Crippen LogP contribution in [0.25, 0.3) is 0 Å². The minimum atomic E-state index is -0.218. The second-order valence-electron chi connectivity index (χ2n) is 4.59. The third kappa shape index (κ3) is 3.58. The molecule has 0 unspecified atom stereocenters. The summed E-state index contributed by atoms with van der Waals surface area (Å²) in [5, 5.41) is 3.34. The molecule has 2 aromatic carbocycles. The summed E-state index contributed by atoms with van der Waals surface area (Å²) in [6, 6.07) is 12.7. The zero-order valence-electron chi connectivity index (χ0n) is 11.7. The van der Waals surface area contributed by atoms with E-state index in [1.807, 2.05) is 13.1 Å². The van der Waals surface area contributed by atoms with E-state index in [1.54, 1.807) is 12.1 Å². The Morgan fingerprint density at radius 1 is 1.15 bits per heavy atom. The fourth-order valence-electron chi connectivity index (χ4n) is 2.06. The van der Waals surface area contributed by atoms with Crippen LogP contribution in [0.15, 0.2) is 46.9 Å². The molecule has 2 nitrogen and oxygen atoms in total. The van der Waals surface area contributed by atoms with E-state index in [0.29, 0.717) is 0 Å². The molecule has 0 amide bonds. The van der Waals surface area contributed by atoms with Gasteiger partial charge in [0, 0.05) is 29.4 Å². The summed E-state index contributed by atoms with van der Waals surface area (Å²) in [6.07, 6.45) is 0. The first kappa shape index (κ1) is 15.0. The van der Waals surface area contributed by atoms with Gasteiger partial charge < -0.3 is 10.2 Å². The van der Waals surface area contributed by atoms with Crippen molar-refractivity contribution >= 4 is 27.3 Å². The Morgan fingerprint density at radius 3 is 2.50 bits per heavy atom. The van der Waals surface area contributed by atoms with Crippen molar-refractivity contribution < 1.29 is 4.39 Å². The van der Waals surface area contributed by atoms with Crippen molar-refractivity contribution in [2.45, 2.75) is 13.5 Å². The molecule has 0 aliphatic heterocycles. The normalized spacial score (nSPS) is 10.6. The third-order valence-corrected chi connectivity index (χ3v) is 3.68. The van der Waals surface area contributed by atoms with E-state index in [-0.39, 0.29) is 5.82 Å². The molecule has 0 saturated carbocycles. The first-order chi connectivity index (χ1) is 9.61. The van der Waals surface area contributed by atoms with Crippen LogP contribution in [0.3, 0.4) is 0 Å². The van der Waals surface area contributed by atoms with Gasteiger partial charge >= 0.3 is 0 Å². The van der Waals surface area contributed by atoms with Crippen molar-refractivity contribution in [2.75, 3.05) is 18.5 Å². The molecule has 0 fully saturated rings. The number of hydrogen-bond donors (Lipinski definition) is 1. The first-order valence-electron chi connectivity index (χ1n) is 6.60. The average Bonchev–Trinajstić information content (AvgIpc) is 2.46. The van der Waals surface area contributed by atoms with Gasteiger partial charge in [0.25, 0.3) is 0 Å². The van der Waals surface area contributed by atoms with Gasteiger partial charge in [0.15, 0.2) is 0 Å². The van der Waals surface area contributed by atoms with Crippen LogP contribution in [0.4, 0.5) is 15.8 Å². The minimum Gasteiger partial charge on any atom is -0.344 e. The van der Waals surface area contributed by atoms with Gasteiger partial charge in [-0.15, -0.1) is 0 Å². The molecule has 20 heavy (non-hydrogen) atoms. The van der Waals surface area contributed by atoms with Crippen molar-refractivity contribution in [3.63, 3.8) is 0 Å². The van der Waals surface area contributed by atoms with Crippen LogP contribution < -0.4 is 10.2 Å². The van der Waals surface area contributed by atoms with Crippen molar-refractivity contribution in [1.29, 1.82) is 0 Å². The summed E-state index contributed by atoms with van der Waals surface area (Å²) in [7, 11) is 1.99. The fourth-order valence-corrected chi connectivity index (χ4v) is 2.41. The summed E-state index contributed by atoms with van der Waals surface area (Å²) in [6.45, 7) is 3.82. The maximum atomic E-state index is 13.0. The van der Waals surface area contributed by atoms with Gasteiger partial charge in [0.1, 0.15) is 5.82 Å². The molecule has 106 valence electrons. The number of nitrogens with one attached hydrogen (secondary N) is 1. The van der Waals surface area contributed by atoms with E-state index in [1.165, 1.54) is 17.7 Å². The van der Waals surface area contributed by atoms with Crippen LogP contribution in [0.2, 0.25) is 0 Å². The third-order valence-electron chi connectivity index (χ3n) is 3.19. The monoisotopic (exact) mass is 336 g/mol. The highest BCUT2D eigenvalue weighted by molar-refractivity contribution is 9.10. The summed E-state index contributed by atoms with van der Waals surface area (Å²) in [4.78, 5) is 2.07. The lowest BCUT2D eigenvalue weighted by molar-refractivity contribution is 0.628. The topological polar surface area (TPSA) is 15.3 Å². The molecule has 0 aromatic heterocycles. The van der Waals surface area contributed by atoms with Gasteiger partial charge in [-0.3, -0.25) is 0 Å². The number of hydrogen-bond acceptors (Lipinski definition) is 2. The lowest BCUT2D eigenvalue weighted by Crippen LogP contribution is -2.17. The highest BCUT2D eigenvalue weighted by atomic mass is 79.9. The molecule has 0 atom stereocenters. The van der Waals surface area contributed by atoms with E-state index in [2.05, 4.69) is 45.2 Å². The van der Waals surface area contributed by atoms with Crippen LogP contribution in [0.5, 0.6) is 0 Å². The maximum Gasteiger partial charge on any atom is 0.123 e. The first-order valence-corrected chi connectivity index (χ1v) is 7.39. The van der Waals surface area contributed by atoms with Gasteiger partial charge in [-0.1, -0.05) is 28.9 Å². The minimum absolute atomic E-state index is 0.218. The van der Waals surface area contributed by atoms with Gasteiger partial charge in [-0.2, -0.15) is 0 Å². The zero-order chi connectivity index (χ0) is 14.5. The predicted molar refractivity (Wildman–Crippen MR) is 86.0 cm³/mol. The van der Waals surface area contributed by atoms with Gasteiger partial charge in [-0.05, 0) is 48.5 Å². The summed E-state index contributed by atoms with van der Waals surface area (Å²) < 4.78 is 14.1. The van der Waals surface area contributed by atoms with Crippen molar-refractivity contribution in [1.82, 2.24) is 5.32 Å². The smallest absolute Gasteiger partial charge is 0.123 e. The molecule has 0 saturated heterocycles. The van der Waals surface area contributed by atoms with E-state index < -0.39 is 0 Å². The molecule has 0 radical (unpaired) electrons. The summed E-state index contributed by atoms with van der Waals surface area (Å²) in [5.41, 5.74) is 3.27. The Hall–Kier alpha value is -1.39. The predicted octanol–water partition coefficient (Wildman–Crippen LogP) is 4.47. The Balaban J connectivity index is 2.34. The Morgan fingerprint density at radius 2 is 1.85 bits per heavy atom. The van der Waals surface area contributed by atoms with Gasteiger partial charge in [0.05, 0.1) is 0 Å².